The Hall–Kier alpha value is -0.120. The Balaban J connectivity index is 2.30. The molecule has 1 saturated heterocycles. The van der Waals surface area contributed by atoms with E-state index in [0.717, 1.165) is 13.0 Å². The minimum Gasteiger partial charge on any atom is -0.396 e. The zero-order valence-corrected chi connectivity index (χ0v) is 8.08. The summed E-state index contributed by atoms with van der Waals surface area (Å²) < 4.78 is 0. The third-order valence-electron chi connectivity index (χ3n) is 2.68. The summed E-state index contributed by atoms with van der Waals surface area (Å²) >= 11 is 0. The van der Waals surface area contributed by atoms with Gasteiger partial charge in [-0.1, -0.05) is 0 Å². The van der Waals surface area contributed by atoms with Crippen LogP contribution in [0.4, 0.5) is 0 Å². The number of nitrogens with zero attached hydrogens (tertiary/aromatic N) is 1. The van der Waals surface area contributed by atoms with E-state index in [9.17, 15) is 0 Å². The molecule has 2 N–H and O–H groups in total. The monoisotopic (exact) mass is 172 g/mol. The lowest BCUT2D eigenvalue weighted by Gasteiger charge is -2.34. The Kier molecular flexibility index (Phi) is 3.98. The fourth-order valence-corrected chi connectivity index (χ4v) is 1.83. The summed E-state index contributed by atoms with van der Waals surface area (Å²) in [7, 11) is 4.26. The first-order chi connectivity index (χ1) is 5.74. The van der Waals surface area contributed by atoms with E-state index < -0.39 is 0 Å². The van der Waals surface area contributed by atoms with Crippen LogP contribution in [0.3, 0.4) is 0 Å². The van der Waals surface area contributed by atoms with E-state index in [1.807, 2.05) is 0 Å². The Morgan fingerprint density at radius 2 is 2.25 bits per heavy atom. The van der Waals surface area contributed by atoms with Crippen LogP contribution in [0, 0.1) is 0 Å². The van der Waals surface area contributed by atoms with Crippen LogP contribution in [0.15, 0.2) is 0 Å². The van der Waals surface area contributed by atoms with Gasteiger partial charge in [0.15, 0.2) is 0 Å². The molecular weight excluding hydrogens is 152 g/mol. The lowest BCUT2D eigenvalue weighted by molar-refractivity contribution is 0.182. The summed E-state index contributed by atoms with van der Waals surface area (Å²) in [5.74, 6) is 0. The molecule has 0 aliphatic carbocycles. The molecule has 12 heavy (non-hydrogen) atoms. The molecule has 2 atom stereocenters. The first-order valence-electron chi connectivity index (χ1n) is 4.74. The SMILES string of the molecule is CN(C)C1CCNC(CCO)C1. The molecule has 3 heteroatoms. The molecule has 0 amide bonds. The van der Waals surface area contributed by atoms with Crippen LogP contribution in [0.25, 0.3) is 0 Å². The van der Waals surface area contributed by atoms with E-state index in [0.29, 0.717) is 18.7 Å². The van der Waals surface area contributed by atoms with Gasteiger partial charge in [0.2, 0.25) is 0 Å². The van der Waals surface area contributed by atoms with Crippen LogP contribution < -0.4 is 5.32 Å². The van der Waals surface area contributed by atoms with Gasteiger partial charge in [-0.05, 0) is 39.9 Å². The standard InChI is InChI=1S/C9H20N2O/c1-11(2)9-3-5-10-8(7-9)4-6-12/h8-10,12H,3-7H2,1-2H3. The zero-order chi connectivity index (χ0) is 8.97. The van der Waals surface area contributed by atoms with Gasteiger partial charge in [0.05, 0.1) is 0 Å². The van der Waals surface area contributed by atoms with Gasteiger partial charge in [-0.15, -0.1) is 0 Å². The van der Waals surface area contributed by atoms with Gasteiger partial charge >= 0.3 is 0 Å². The van der Waals surface area contributed by atoms with E-state index in [1.165, 1.54) is 12.8 Å². The van der Waals surface area contributed by atoms with Gasteiger partial charge in [-0.2, -0.15) is 0 Å². The molecule has 1 aliphatic rings. The highest BCUT2D eigenvalue weighted by molar-refractivity contribution is 4.81. The topological polar surface area (TPSA) is 35.5 Å². The summed E-state index contributed by atoms with van der Waals surface area (Å²) in [4.78, 5) is 2.28. The van der Waals surface area contributed by atoms with Crippen molar-refractivity contribution in [3.05, 3.63) is 0 Å². The van der Waals surface area contributed by atoms with Crippen molar-refractivity contribution in [2.75, 3.05) is 27.2 Å². The molecule has 0 aromatic carbocycles. The number of aliphatic hydroxyl groups excluding tert-OH is 1. The molecule has 2 unspecified atom stereocenters. The molecule has 0 aromatic rings. The highest BCUT2D eigenvalue weighted by atomic mass is 16.3. The van der Waals surface area contributed by atoms with E-state index >= 15 is 0 Å². The van der Waals surface area contributed by atoms with E-state index in [2.05, 4.69) is 24.3 Å². The molecule has 1 heterocycles. The van der Waals surface area contributed by atoms with E-state index in [-0.39, 0.29) is 0 Å². The number of nitrogens with one attached hydrogen (secondary N) is 1. The second kappa shape index (κ2) is 4.80. The first-order valence-corrected chi connectivity index (χ1v) is 4.74. The predicted octanol–water partition coefficient (Wildman–Crippen LogP) is 0.0510. The van der Waals surface area contributed by atoms with Crippen LogP contribution in [-0.2, 0) is 0 Å². The molecule has 72 valence electrons. The molecular formula is C9H20N2O. The van der Waals surface area contributed by atoms with Crippen molar-refractivity contribution in [1.29, 1.82) is 0 Å². The van der Waals surface area contributed by atoms with Crippen LogP contribution in [0.1, 0.15) is 19.3 Å². The smallest absolute Gasteiger partial charge is 0.0445 e. The van der Waals surface area contributed by atoms with Crippen molar-refractivity contribution in [1.82, 2.24) is 10.2 Å². The van der Waals surface area contributed by atoms with Crippen LogP contribution in [0.2, 0.25) is 0 Å². The Morgan fingerprint density at radius 3 is 2.83 bits per heavy atom. The molecule has 0 radical (unpaired) electrons. The number of aliphatic hydroxyl groups is 1. The maximum atomic E-state index is 8.79. The normalized spacial score (nSPS) is 31.0. The Morgan fingerprint density at radius 1 is 1.50 bits per heavy atom. The summed E-state index contributed by atoms with van der Waals surface area (Å²) in [6, 6.07) is 1.22. The second-order valence-electron chi connectivity index (χ2n) is 3.81. The van der Waals surface area contributed by atoms with Crippen LogP contribution in [0.5, 0.6) is 0 Å². The molecule has 0 bridgehead atoms. The lowest BCUT2D eigenvalue weighted by Crippen LogP contribution is -2.45. The zero-order valence-electron chi connectivity index (χ0n) is 8.08. The molecule has 0 spiro atoms. The second-order valence-corrected chi connectivity index (χ2v) is 3.81. The lowest BCUT2D eigenvalue weighted by atomic mass is 9.97. The number of hydrogen-bond acceptors (Lipinski definition) is 3. The maximum absolute atomic E-state index is 8.79. The van der Waals surface area contributed by atoms with Gasteiger partial charge < -0.3 is 15.3 Å². The highest BCUT2D eigenvalue weighted by Gasteiger charge is 2.21. The summed E-state index contributed by atoms with van der Waals surface area (Å²) in [5, 5.41) is 12.2. The summed E-state index contributed by atoms with van der Waals surface area (Å²) in [6.45, 7) is 1.39. The minimum absolute atomic E-state index is 0.303. The fourth-order valence-electron chi connectivity index (χ4n) is 1.83. The van der Waals surface area contributed by atoms with Crippen molar-refractivity contribution < 1.29 is 5.11 Å². The number of piperidine rings is 1. The number of hydrogen-bond donors (Lipinski definition) is 2. The van der Waals surface area contributed by atoms with Crippen LogP contribution >= 0.6 is 0 Å². The Bertz CT molecular complexity index is 126. The van der Waals surface area contributed by atoms with E-state index in [4.69, 9.17) is 5.11 Å². The number of rotatable bonds is 3. The first kappa shape index (κ1) is 9.96. The van der Waals surface area contributed by atoms with Gasteiger partial charge in [-0.3, -0.25) is 0 Å². The quantitative estimate of drug-likeness (QED) is 0.631. The molecule has 3 nitrogen and oxygen atoms in total. The van der Waals surface area contributed by atoms with Crippen molar-refractivity contribution in [2.45, 2.75) is 31.3 Å². The average molecular weight is 172 g/mol. The van der Waals surface area contributed by atoms with E-state index in [1.54, 1.807) is 0 Å². The summed E-state index contributed by atoms with van der Waals surface area (Å²) in [6.07, 6.45) is 3.30. The van der Waals surface area contributed by atoms with Crippen molar-refractivity contribution in [3.63, 3.8) is 0 Å². The third kappa shape index (κ3) is 2.73. The van der Waals surface area contributed by atoms with Crippen molar-refractivity contribution >= 4 is 0 Å². The predicted molar refractivity (Wildman–Crippen MR) is 50.2 cm³/mol. The molecule has 1 aliphatic heterocycles. The summed E-state index contributed by atoms with van der Waals surface area (Å²) in [5.41, 5.74) is 0. The molecule has 1 fully saturated rings. The molecule has 0 saturated carbocycles. The largest absolute Gasteiger partial charge is 0.396 e. The van der Waals surface area contributed by atoms with Gasteiger partial charge in [-0.25, -0.2) is 0 Å². The van der Waals surface area contributed by atoms with Gasteiger partial charge in [0, 0.05) is 18.7 Å². The molecule has 0 aromatic heterocycles. The third-order valence-corrected chi connectivity index (χ3v) is 2.68. The molecule has 1 rings (SSSR count). The van der Waals surface area contributed by atoms with Crippen molar-refractivity contribution in [3.8, 4) is 0 Å². The maximum Gasteiger partial charge on any atom is 0.0445 e. The van der Waals surface area contributed by atoms with Crippen LogP contribution in [-0.4, -0.2) is 49.3 Å². The van der Waals surface area contributed by atoms with Crippen molar-refractivity contribution in [2.24, 2.45) is 0 Å². The Labute approximate surface area is 74.8 Å². The average Bonchev–Trinajstić information content (AvgIpc) is 2.05. The minimum atomic E-state index is 0.303. The van der Waals surface area contributed by atoms with Gasteiger partial charge in [0.1, 0.15) is 0 Å². The highest BCUT2D eigenvalue weighted by Crippen LogP contribution is 2.14. The fraction of sp³-hybridized carbons (Fsp3) is 1.00. The van der Waals surface area contributed by atoms with Gasteiger partial charge in [0.25, 0.3) is 0 Å².